The summed E-state index contributed by atoms with van der Waals surface area (Å²) < 4.78 is 12.2. The molecule has 0 aliphatic heterocycles. The molecule has 24 heavy (non-hydrogen) atoms. The second kappa shape index (κ2) is 8.73. The molecule has 0 aliphatic carbocycles. The monoisotopic (exact) mass is 391 g/mol. The zero-order valence-electron chi connectivity index (χ0n) is 14.2. The number of amides is 1. The molecule has 0 aliphatic rings. The highest BCUT2D eigenvalue weighted by molar-refractivity contribution is 9.10. The molecule has 0 bridgehead atoms. The van der Waals surface area contributed by atoms with E-state index in [1.54, 1.807) is 0 Å². The lowest BCUT2D eigenvalue weighted by Crippen LogP contribution is -2.32. The molecular weight excluding hydrogens is 370 g/mol. The topological polar surface area (TPSA) is 47.6 Å². The molecule has 0 atom stereocenters. The standard InChI is InChI=1S/C19H22BrNO3/c1-13-5-4-6-16(9-13)23-8-7-21-18(22)12-24-17-10-14(2)19(20)15(3)11-17/h4-6,9-11H,7-8,12H2,1-3H3,(H,21,22). The molecule has 0 fully saturated rings. The average Bonchev–Trinajstić information content (AvgIpc) is 2.54. The number of benzene rings is 2. The van der Waals surface area contributed by atoms with Gasteiger partial charge < -0.3 is 14.8 Å². The lowest BCUT2D eigenvalue weighted by molar-refractivity contribution is -0.123. The van der Waals surface area contributed by atoms with Crippen LogP contribution in [0.25, 0.3) is 0 Å². The van der Waals surface area contributed by atoms with Crippen molar-refractivity contribution in [3.8, 4) is 11.5 Å². The Bertz CT molecular complexity index is 693. The molecule has 4 nitrogen and oxygen atoms in total. The lowest BCUT2D eigenvalue weighted by Gasteiger charge is -2.11. The Labute approximate surface area is 151 Å². The molecule has 2 aromatic rings. The van der Waals surface area contributed by atoms with Gasteiger partial charge in [0.2, 0.25) is 0 Å². The Morgan fingerprint density at radius 1 is 1.04 bits per heavy atom. The van der Waals surface area contributed by atoms with Crippen molar-refractivity contribution >= 4 is 21.8 Å². The van der Waals surface area contributed by atoms with Gasteiger partial charge in [0.15, 0.2) is 6.61 Å². The molecule has 0 heterocycles. The number of carbonyl (C=O) groups is 1. The van der Waals surface area contributed by atoms with Crippen LogP contribution in [-0.2, 0) is 4.79 Å². The van der Waals surface area contributed by atoms with E-state index in [1.807, 2.05) is 57.2 Å². The molecule has 128 valence electrons. The van der Waals surface area contributed by atoms with Crippen molar-refractivity contribution in [2.75, 3.05) is 19.8 Å². The summed E-state index contributed by atoms with van der Waals surface area (Å²) in [4.78, 5) is 11.8. The van der Waals surface area contributed by atoms with Gasteiger partial charge in [0.05, 0.1) is 6.54 Å². The molecule has 1 amide bonds. The number of rotatable bonds is 7. The van der Waals surface area contributed by atoms with E-state index in [1.165, 1.54) is 0 Å². The number of hydrogen-bond acceptors (Lipinski definition) is 3. The van der Waals surface area contributed by atoms with Gasteiger partial charge in [-0.15, -0.1) is 0 Å². The molecule has 0 aromatic heterocycles. The molecule has 2 aromatic carbocycles. The quantitative estimate of drug-likeness (QED) is 0.726. The number of halogens is 1. The van der Waals surface area contributed by atoms with Crippen LogP contribution in [0.15, 0.2) is 40.9 Å². The van der Waals surface area contributed by atoms with Gasteiger partial charge in [-0.2, -0.15) is 0 Å². The normalized spacial score (nSPS) is 10.3. The van der Waals surface area contributed by atoms with Crippen molar-refractivity contribution in [2.24, 2.45) is 0 Å². The second-order valence-corrected chi connectivity index (χ2v) is 6.47. The SMILES string of the molecule is Cc1cccc(OCCNC(=O)COc2cc(C)c(Br)c(C)c2)c1. The summed E-state index contributed by atoms with van der Waals surface area (Å²) in [6.45, 7) is 6.85. The summed E-state index contributed by atoms with van der Waals surface area (Å²) in [6, 6.07) is 11.6. The molecular formula is C19H22BrNO3. The number of nitrogens with one attached hydrogen (secondary N) is 1. The summed E-state index contributed by atoms with van der Waals surface area (Å²) >= 11 is 3.51. The predicted molar refractivity (Wildman–Crippen MR) is 98.8 cm³/mol. The maximum absolute atomic E-state index is 11.8. The third-order valence-corrected chi connectivity index (χ3v) is 4.71. The highest BCUT2D eigenvalue weighted by Gasteiger charge is 2.06. The van der Waals surface area contributed by atoms with E-state index in [0.29, 0.717) is 18.9 Å². The van der Waals surface area contributed by atoms with Gasteiger partial charge in [0, 0.05) is 4.47 Å². The van der Waals surface area contributed by atoms with Crippen LogP contribution in [0.1, 0.15) is 16.7 Å². The Morgan fingerprint density at radius 2 is 1.75 bits per heavy atom. The minimum Gasteiger partial charge on any atom is -0.492 e. The van der Waals surface area contributed by atoms with Gasteiger partial charge in [0.1, 0.15) is 18.1 Å². The van der Waals surface area contributed by atoms with E-state index in [2.05, 4.69) is 21.2 Å². The van der Waals surface area contributed by atoms with Gasteiger partial charge >= 0.3 is 0 Å². The first-order valence-electron chi connectivity index (χ1n) is 7.81. The largest absolute Gasteiger partial charge is 0.492 e. The van der Waals surface area contributed by atoms with Gasteiger partial charge in [-0.25, -0.2) is 0 Å². The molecule has 5 heteroatoms. The summed E-state index contributed by atoms with van der Waals surface area (Å²) in [6.07, 6.45) is 0. The van der Waals surface area contributed by atoms with E-state index >= 15 is 0 Å². The van der Waals surface area contributed by atoms with Crippen molar-refractivity contribution in [1.29, 1.82) is 0 Å². The minimum atomic E-state index is -0.166. The van der Waals surface area contributed by atoms with Crippen LogP contribution in [0.5, 0.6) is 11.5 Å². The Hall–Kier alpha value is -2.01. The van der Waals surface area contributed by atoms with Crippen LogP contribution >= 0.6 is 15.9 Å². The first-order chi connectivity index (χ1) is 11.5. The predicted octanol–water partition coefficient (Wildman–Crippen LogP) is 3.95. The van der Waals surface area contributed by atoms with Crippen LogP contribution < -0.4 is 14.8 Å². The van der Waals surface area contributed by atoms with Crippen LogP contribution in [0.4, 0.5) is 0 Å². The Morgan fingerprint density at radius 3 is 2.42 bits per heavy atom. The van der Waals surface area contributed by atoms with Crippen molar-refractivity contribution in [3.63, 3.8) is 0 Å². The van der Waals surface area contributed by atoms with Crippen molar-refractivity contribution in [2.45, 2.75) is 20.8 Å². The molecule has 0 spiro atoms. The van der Waals surface area contributed by atoms with Crippen LogP contribution in [-0.4, -0.2) is 25.7 Å². The van der Waals surface area contributed by atoms with Crippen LogP contribution in [0.3, 0.4) is 0 Å². The van der Waals surface area contributed by atoms with Gasteiger partial charge in [-0.05, 0) is 61.7 Å². The van der Waals surface area contributed by atoms with Gasteiger partial charge in [-0.3, -0.25) is 4.79 Å². The van der Waals surface area contributed by atoms with Crippen molar-refractivity contribution in [3.05, 3.63) is 57.6 Å². The van der Waals surface area contributed by atoms with Crippen LogP contribution in [0, 0.1) is 20.8 Å². The van der Waals surface area contributed by atoms with E-state index < -0.39 is 0 Å². The average molecular weight is 392 g/mol. The fourth-order valence-electron chi connectivity index (χ4n) is 2.25. The van der Waals surface area contributed by atoms with Gasteiger partial charge in [0.25, 0.3) is 5.91 Å². The van der Waals surface area contributed by atoms with Crippen molar-refractivity contribution in [1.82, 2.24) is 5.32 Å². The maximum atomic E-state index is 11.8. The fourth-order valence-corrected chi connectivity index (χ4v) is 2.48. The number of hydrogen-bond donors (Lipinski definition) is 1. The summed E-state index contributed by atoms with van der Waals surface area (Å²) in [5.41, 5.74) is 3.30. The lowest BCUT2D eigenvalue weighted by atomic mass is 10.1. The van der Waals surface area contributed by atoms with Gasteiger partial charge in [-0.1, -0.05) is 28.1 Å². The van der Waals surface area contributed by atoms with E-state index in [9.17, 15) is 4.79 Å². The first kappa shape index (κ1) is 18.3. The minimum absolute atomic E-state index is 0.00897. The second-order valence-electron chi connectivity index (χ2n) is 5.67. The molecule has 1 N–H and O–H groups in total. The zero-order chi connectivity index (χ0) is 17.5. The zero-order valence-corrected chi connectivity index (χ0v) is 15.8. The fraction of sp³-hybridized carbons (Fsp3) is 0.316. The Kier molecular flexibility index (Phi) is 6.67. The number of aryl methyl sites for hydroxylation is 3. The molecule has 0 saturated carbocycles. The van der Waals surface area contributed by atoms with E-state index in [4.69, 9.17) is 9.47 Å². The molecule has 2 rings (SSSR count). The number of ether oxygens (including phenoxy) is 2. The van der Waals surface area contributed by atoms with Crippen molar-refractivity contribution < 1.29 is 14.3 Å². The molecule has 0 saturated heterocycles. The third kappa shape index (κ3) is 5.57. The summed E-state index contributed by atoms with van der Waals surface area (Å²) in [5, 5.41) is 2.78. The van der Waals surface area contributed by atoms with E-state index in [0.717, 1.165) is 26.9 Å². The first-order valence-corrected chi connectivity index (χ1v) is 8.60. The number of carbonyl (C=O) groups excluding carboxylic acids is 1. The van der Waals surface area contributed by atoms with E-state index in [-0.39, 0.29) is 12.5 Å². The third-order valence-electron chi connectivity index (χ3n) is 3.46. The molecule has 0 unspecified atom stereocenters. The highest BCUT2D eigenvalue weighted by atomic mass is 79.9. The Balaban J connectivity index is 1.70. The molecule has 0 radical (unpaired) electrons. The summed E-state index contributed by atoms with van der Waals surface area (Å²) in [5.74, 6) is 1.33. The van der Waals surface area contributed by atoms with Crippen LogP contribution in [0.2, 0.25) is 0 Å². The summed E-state index contributed by atoms with van der Waals surface area (Å²) in [7, 11) is 0. The smallest absolute Gasteiger partial charge is 0.258 e. The highest BCUT2D eigenvalue weighted by Crippen LogP contribution is 2.26. The maximum Gasteiger partial charge on any atom is 0.258 e.